The Balaban J connectivity index is 1.40. The Morgan fingerprint density at radius 1 is 1.20 bits per heavy atom. The van der Waals surface area contributed by atoms with Crippen molar-refractivity contribution >= 4 is 27.5 Å². The number of para-hydroxylation sites is 1. The molecule has 0 unspecified atom stereocenters. The third kappa shape index (κ3) is 5.86. The minimum atomic E-state index is -3.48. The molecule has 2 aromatic heterocycles. The van der Waals surface area contributed by atoms with Gasteiger partial charge in [0.25, 0.3) is 0 Å². The van der Waals surface area contributed by atoms with Crippen LogP contribution in [0.4, 0.5) is 5.69 Å². The maximum atomic E-state index is 12.8. The van der Waals surface area contributed by atoms with Crippen molar-refractivity contribution in [2.24, 2.45) is 5.92 Å². The van der Waals surface area contributed by atoms with Crippen molar-refractivity contribution in [3.8, 4) is 11.5 Å². The number of hydrogen-bond donors (Lipinski definition) is 2. The number of anilines is 1. The summed E-state index contributed by atoms with van der Waals surface area (Å²) in [5.74, 6) is -0.0797. The number of rotatable bonds is 9. The highest BCUT2D eigenvalue weighted by Gasteiger charge is 2.34. The van der Waals surface area contributed by atoms with Crippen LogP contribution >= 0.6 is 0 Å². The number of likely N-dealkylation sites (tertiary alicyclic amines) is 1. The van der Waals surface area contributed by atoms with Crippen LogP contribution in [0.3, 0.4) is 0 Å². The average molecular weight is 498 g/mol. The van der Waals surface area contributed by atoms with Gasteiger partial charge in [-0.25, -0.2) is 13.4 Å². The molecular weight excluding hydrogens is 470 g/mol. The van der Waals surface area contributed by atoms with Gasteiger partial charge in [0.05, 0.1) is 41.7 Å². The Morgan fingerprint density at radius 2 is 1.97 bits per heavy atom. The largest absolute Gasteiger partial charge is 0.441 e. The molecule has 1 aromatic carbocycles. The number of nitrogens with zero attached hydrogens (tertiary/aromatic N) is 3. The number of carbonyl (C=O) groups excluding carboxylic acids is 2. The Kier molecular flexibility index (Phi) is 7.15. The van der Waals surface area contributed by atoms with Gasteiger partial charge in [0.2, 0.25) is 27.7 Å². The molecular formula is C24H27N5O5S. The van der Waals surface area contributed by atoms with Gasteiger partial charge >= 0.3 is 0 Å². The molecule has 1 fully saturated rings. The molecule has 1 saturated heterocycles. The van der Waals surface area contributed by atoms with E-state index < -0.39 is 15.9 Å². The quantitative estimate of drug-likeness (QED) is 0.464. The maximum absolute atomic E-state index is 12.8. The van der Waals surface area contributed by atoms with Crippen LogP contribution in [0.15, 0.2) is 53.1 Å². The van der Waals surface area contributed by atoms with Crippen molar-refractivity contribution in [3.63, 3.8) is 0 Å². The van der Waals surface area contributed by atoms with E-state index in [1.165, 1.54) is 0 Å². The Hall–Kier alpha value is -3.73. The minimum absolute atomic E-state index is 0.0633. The second kappa shape index (κ2) is 10.3. The summed E-state index contributed by atoms with van der Waals surface area (Å²) in [6.45, 7) is 4.11. The lowest BCUT2D eigenvalue weighted by atomic mass is 10.1. The molecule has 0 spiro atoms. The molecule has 0 saturated carbocycles. The van der Waals surface area contributed by atoms with E-state index in [2.05, 4.69) is 20.0 Å². The highest BCUT2D eigenvalue weighted by atomic mass is 32.2. The predicted octanol–water partition coefficient (Wildman–Crippen LogP) is 2.47. The molecule has 1 atom stereocenters. The number of sulfonamides is 1. The first-order chi connectivity index (χ1) is 16.8. The molecule has 0 aliphatic carbocycles. The molecule has 1 aliphatic rings. The average Bonchev–Trinajstić information content (AvgIpc) is 3.40. The minimum Gasteiger partial charge on any atom is -0.441 e. The smallest absolute Gasteiger partial charge is 0.232 e. The fraction of sp³-hybridized carbons (Fsp3) is 0.333. The second-order valence-electron chi connectivity index (χ2n) is 8.29. The van der Waals surface area contributed by atoms with Crippen LogP contribution in [-0.4, -0.2) is 47.4 Å². The van der Waals surface area contributed by atoms with Gasteiger partial charge in [0.15, 0.2) is 0 Å². The summed E-state index contributed by atoms with van der Waals surface area (Å²) < 4.78 is 32.4. The standard InChI is InChI=1S/C24H27N5O5S/c1-3-35(32,33)28-20-10-5-4-9-19(20)24-27-21(16(2)34-24)13-26-23(31)17-12-22(30)29(14-17)15-18-8-6-7-11-25-18/h4-11,17,28H,3,12-15H2,1-2H3,(H,26,31)/t17-/m0/s1. The van der Waals surface area contributed by atoms with E-state index in [1.807, 2.05) is 18.2 Å². The first-order valence-electron chi connectivity index (χ1n) is 11.3. The van der Waals surface area contributed by atoms with Crippen molar-refractivity contribution in [2.45, 2.75) is 33.4 Å². The molecule has 2 N–H and O–H groups in total. The normalized spacial score (nSPS) is 15.9. The molecule has 10 nitrogen and oxygen atoms in total. The van der Waals surface area contributed by atoms with E-state index in [-0.39, 0.29) is 36.4 Å². The zero-order valence-corrected chi connectivity index (χ0v) is 20.3. The Bertz CT molecular complexity index is 1320. The number of hydrogen-bond acceptors (Lipinski definition) is 7. The van der Waals surface area contributed by atoms with Gasteiger partial charge in [-0.15, -0.1) is 0 Å². The number of aromatic nitrogens is 2. The lowest BCUT2D eigenvalue weighted by Gasteiger charge is -2.16. The highest BCUT2D eigenvalue weighted by molar-refractivity contribution is 7.92. The number of benzene rings is 1. The molecule has 2 amide bonds. The van der Waals surface area contributed by atoms with E-state index in [9.17, 15) is 18.0 Å². The van der Waals surface area contributed by atoms with Crippen molar-refractivity contribution in [3.05, 3.63) is 65.8 Å². The van der Waals surface area contributed by atoms with Crippen LogP contribution in [-0.2, 0) is 32.7 Å². The van der Waals surface area contributed by atoms with Crippen molar-refractivity contribution in [1.82, 2.24) is 20.2 Å². The first-order valence-corrected chi connectivity index (χ1v) is 12.9. The fourth-order valence-corrected chi connectivity index (χ4v) is 4.47. The summed E-state index contributed by atoms with van der Waals surface area (Å²) in [5, 5.41) is 2.85. The zero-order valence-electron chi connectivity index (χ0n) is 19.5. The topological polar surface area (TPSA) is 134 Å². The van der Waals surface area contributed by atoms with E-state index in [0.717, 1.165) is 5.69 Å². The van der Waals surface area contributed by atoms with E-state index in [0.29, 0.717) is 35.8 Å². The lowest BCUT2D eigenvalue weighted by molar-refractivity contribution is -0.129. The van der Waals surface area contributed by atoms with E-state index in [4.69, 9.17) is 4.42 Å². The molecule has 1 aliphatic heterocycles. The summed E-state index contributed by atoms with van der Waals surface area (Å²) in [4.78, 5) is 35.5. The summed E-state index contributed by atoms with van der Waals surface area (Å²) in [6.07, 6.45) is 1.82. The summed E-state index contributed by atoms with van der Waals surface area (Å²) in [6, 6.07) is 12.3. The highest BCUT2D eigenvalue weighted by Crippen LogP contribution is 2.29. The molecule has 4 rings (SSSR count). The van der Waals surface area contributed by atoms with Crippen molar-refractivity contribution in [2.75, 3.05) is 17.0 Å². The number of amides is 2. The van der Waals surface area contributed by atoms with E-state index in [1.54, 1.807) is 49.2 Å². The van der Waals surface area contributed by atoms with Gasteiger partial charge < -0.3 is 14.6 Å². The predicted molar refractivity (Wildman–Crippen MR) is 129 cm³/mol. The molecule has 0 bridgehead atoms. The van der Waals surface area contributed by atoms with Crippen LogP contribution in [0, 0.1) is 12.8 Å². The monoisotopic (exact) mass is 497 g/mol. The van der Waals surface area contributed by atoms with Crippen LogP contribution < -0.4 is 10.0 Å². The van der Waals surface area contributed by atoms with Gasteiger partial charge in [0, 0.05) is 19.2 Å². The fourth-order valence-electron chi connectivity index (χ4n) is 3.81. The van der Waals surface area contributed by atoms with Gasteiger partial charge in [-0.3, -0.25) is 19.3 Å². The van der Waals surface area contributed by atoms with Crippen LogP contribution in [0.5, 0.6) is 0 Å². The van der Waals surface area contributed by atoms with Crippen LogP contribution in [0.1, 0.15) is 30.5 Å². The van der Waals surface area contributed by atoms with E-state index >= 15 is 0 Å². The number of nitrogens with one attached hydrogen (secondary N) is 2. The third-order valence-electron chi connectivity index (χ3n) is 5.79. The zero-order chi connectivity index (χ0) is 25.0. The molecule has 0 radical (unpaired) electrons. The van der Waals surface area contributed by atoms with Gasteiger partial charge in [0.1, 0.15) is 11.5 Å². The number of carbonyl (C=O) groups is 2. The second-order valence-corrected chi connectivity index (χ2v) is 10.3. The third-order valence-corrected chi connectivity index (χ3v) is 7.08. The molecule has 3 aromatic rings. The van der Waals surface area contributed by atoms with Gasteiger partial charge in [-0.1, -0.05) is 18.2 Å². The van der Waals surface area contributed by atoms with Crippen molar-refractivity contribution < 1.29 is 22.4 Å². The number of oxazole rings is 1. The van der Waals surface area contributed by atoms with Gasteiger partial charge in [-0.2, -0.15) is 0 Å². The summed E-state index contributed by atoms with van der Waals surface area (Å²) >= 11 is 0. The number of pyridine rings is 1. The molecule has 35 heavy (non-hydrogen) atoms. The van der Waals surface area contributed by atoms with Crippen LogP contribution in [0.2, 0.25) is 0 Å². The maximum Gasteiger partial charge on any atom is 0.232 e. The molecule has 11 heteroatoms. The van der Waals surface area contributed by atoms with Crippen molar-refractivity contribution in [1.29, 1.82) is 0 Å². The lowest BCUT2D eigenvalue weighted by Crippen LogP contribution is -2.32. The SMILES string of the molecule is CCS(=O)(=O)Nc1ccccc1-c1nc(CNC(=O)[C@H]2CC(=O)N(Cc3ccccn3)C2)c(C)o1. The Labute approximate surface area is 203 Å². The Morgan fingerprint density at radius 3 is 2.71 bits per heavy atom. The van der Waals surface area contributed by atoms with Gasteiger partial charge in [-0.05, 0) is 38.1 Å². The molecule has 184 valence electrons. The van der Waals surface area contributed by atoms with Crippen LogP contribution in [0.25, 0.3) is 11.5 Å². The first kappa shape index (κ1) is 24.4. The molecule has 3 heterocycles. The number of aryl methyl sites for hydroxylation is 1. The summed E-state index contributed by atoms with van der Waals surface area (Å²) in [5.41, 5.74) is 2.16. The summed E-state index contributed by atoms with van der Waals surface area (Å²) in [7, 11) is -3.48.